The van der Waals surface area contributed by atoms with Gasteiger partial charge in [-0.1, -0.05) is 13.0 Å². The topological polar surface area (TPSA) is 113 Å². The summed E-state index contributed by atoms with van der Waals surface area (Å²) in [7, 11) is 0. The Morgan fingerprint density at radius 1 is 1.14 bits per heavy atom. The van der Waals surface area contributed by atoms with E-state index in [1.165, 1.54) is 6.92 Å². The molecule has 0 radical (unpaired) electrons. The molecular formula is C28H36O7. The van der Waals surface area contributed by atoms with E-state index in [4.69, 9.17) is 9.47 Å². The summed E-state index contributed by atoms with van der Waals surface area (Å²) in [6.07, 6.45) is 5.55. The molecule has 3 N–H and O–H groups in total. The van der Waals surface area contributed by atoms with Crippen molar-refractivity contribution in [3.05, 3.63) is 57.3 Å². The van der Waals surface area contributed by atoms with Crippen LogP contribution in [0.3, 0.4) is 0 Å². The summed E-state index contributed by atoms with van der Waals surface area (Å²) in [4.78, 5) is 26.8. The molecule has 1 saturated carbocycles. The number of carbonyl (C=O) groups is 2. The minimum atomic E-state index is -0.962. The number of carbonyl (C=O) groups excluding carboxylic acids is 2. The highest BCUT2D eigenvalue weighted by atomic mass is 16.5. The molecule has 4 aliphatic rings. The van der Waals surface area contributed by atoms with Crippen molar-refractivity contribution in [2.45, 2.75) is 97.6 Å². The third-order valence-electron chi connectivity index (χ3n) is 8.35. The second-order valence-electron chi connectivity index (χ2n) is 11.2. The van der Waals surface area contributed by atoms with E-state index in [-0.39, 0.29) is 40.4 Å². The lowest BCUT2D eigenvalue weighted by molar-refractivity contribution is -0.196. The largest absolute Gasteiger partial charge is 0.507 e. The van der Waals surface area contributed by atoms with E-state index in [2.05, 4.69) is 6.92 Å². The molecule has 4 atom stereocenters. The van der Waals surface area contributed by atoms with Gasteiger partial charge in [0.05, 0.1) is 29.0 Å². The summed E-state index contributed by atoms with van der Waals surface area (Å²) >= 11 is 0. The van der Waals surface area contributed by atoms with E-state index in [0.29, 0.717) is 24.8 Å². The zero-order valence-corrected chi connectivity index (χ0v) is 21.6. The van der Waals surface area contributed by atoms with Crippen LogP contribution in [0.15, 0.2) is 57.3 Å². The van der Waals surface area contributed by atoms with E-state index in [1.807, 2.05) is 6.92 Å². The second kappa shape index (κ2) is 8.20. The predicted molar refractivity (Wildman–Crippen MR) is 131 cm³/mol. The van der Waals surface area contributed by atoms with Crippen LogP contribution in [0.25, 0.3) is 0 Å². The number of ketones is 2. The van der Waals surface area contributed by atoms with Crippen molar-refractivity contribution in [3.8, 4) is 0 Å². The molecule has 4 rings (SSSR count). The number of hydrogen-bond acceptors (Lipinski definition) is 7. The first kappa shape index (κ1) is 25.5. The number of aliphatic hydroxyl groups is 3. The van der Waals surface area contributed by atoms with Crippen LogP contribution in [0.2, 0.25) is 0 Å². The van der Waals surface area contributed by atoms with Gasteiger partial charge in [0.25, 0.3) is 0 Å². The third-order valence-corrected chi connectivity index (χ3v) is 8.35. The number of rotatable bonds is 3. The average Bonchev–Trinajstić information content (AvgIpc) is 2.79. The Kier molecular flexibility index (Phi) is 5.97. The van der Waals surface area contributed by atoms with Crippen LogP contribution < -0.4 is 0 Å². The summed E-state index contributed by atoms with van der Waals surface area (Å²) < 4.78 is 12.7. The summed E-state index contributed by atoms with van der Waals surface area (Å²) in [5, 5.41) is 31.8. The van der Waals surface area contributed by atoms with Gasteiger partial charge < -0.3 is 24.8 Å². The Balaban J connectivity index is 1.78. The molecule has 1 saturated heterocycles. The van der Waals surface area contributed by atoms with Crippen LogP contribution in [0.1, 0.15) is 74.1 Å². The molecule has 0 aromatic rings. The minimum Gasteiger partial charge on any atom is -0.507 e. The number of aliphatic hydroxyl groups excluding tert-OH is 2. The van der Waals surface area contributed by atoms with Crippen molar-refractivity contribution in [1.82, 2.24) is 0 Å². The molecule has 7 heteroatoms. The van der Waals surface area contributed by atoms with E-state index in [0.717, 1.165) is 12.0 Å². The van der Waals surface area contributed by atoms with Gasteiger partial charge in [0.15, 0.2) is 11.5 Å². The Morgan fingerprint density at radius 3 is 2.40 bits per heavy atom. The Hall–Kier alpha value is -2.64. The fourth-order valence-electron chi connectivity index (χ4n) is 5.98. The van der Waals surface area contributed by atoms with E-state index in [1.54, 1.807) is 39.8 Å². The molecule has 0 bridgehead atoms. The van der Waals surface area contributed by atoms with E-state index >= 15 is 0 Å². The highest BCUT2D eigenvalue weighted by Gasteiger charge is 2.57. The highest BCUT2D eigenvalue weighted by Crippen LogP contribution is 2.57. The first-order valence-electron chi connectivity index (χ1n) is 12.3. The van der Waals surface area contributed by atoms with Crippen molar-refractivity contribution in [2.24, 2.45) is 5.41 Å². The fraction of sp³-hybridized carbons (Fsp3) is 0.571. The molecule has 2 fully saturated rings. The molecule has 0 unspecified atom stereocenters. The van der Waals surface area contributed by atoms with Gasteiger partial charge in [0.1, 0.15) is 11.4 Å². The maximum Gasteiger partial charge on any atom is 0.232 e. The second-order valence-corrected chi connectivity index (χ2v) is 11.2. The standard InChI is InChI=1S/C28H36O7/c1-8-14(2)21(29)15(3)20-23(31)22(30)16-13-17-27(6)11-9-18(26(4,5)33)34-19(27)10-12-28(17,7)35-25(16)24(20)32/h8,13,18-19,29,31,33H,9-12H2,1-7H3/b14-8+,21-15-/t18-,19-,27-,28-/m1/s1. The third kappa shape index (κ3) is 3.80. The summed E-state index contributed by atoms with van der Waals surface area (Å²) in [6, 6.07) is 0. The average molecular weight is 485 g/mol. The van der Waals surface area contributed by atoms with E-state index < -0.39 is 33.9 Å². The number of fused-ring (bicyclic) bond motifs is 3. The molecule has 0 amide bonds. The van der Waals surface area contributed by atoms with Gasteiger partial charge in [0.2, 0.25) is 11.6 Å². The Morgan fingerprint density at radius 2 is 1.80 bits per heavy atom. The lowest BCUT2D eigenvalue weighted by atomic mass is 9.58. The van der Waals surface area contributed by atoms with E-state index in [9.17, 15) is 24.9 Å². The van der Waals surface area contributed by atoms with Gasteiger partial charge in [-0.05, 0) is 84.4 Å². The van der Waals surface area contributed by atoms with Crippen molar-refractivity contribution in [2.75, 3.05) is 0 Å². The lowest BCUT2D eigenvalue weighted by Gasteiger charge is -2.57. The molecule has 2 aliphatic carbocycles. The molecule has 2 heterocycles. The molecule has 190 valence electrons. The summed E-state index contributed by atoms with van der Waals surface area (Å²) in [5.41, 5.74) is -0.917. The van der Waals surface area contributed by atoms with Crippen molar-refractivity contribution in [3.63, 3.8) is 0 Å². The summed E-state index contributed by atoms with van der Waals surface area (Å²) in [5.74, 6) is -2.26. The SMILES string of the molecule is C/C=C(C)/C(O)=C(\C)C1=C(O)C(=O)C2=C(O[C@]3(C)CC[C@H]4O[C@@H](C(C)(C)O)CC[C@]4(C)C3=C2)C1=O. The Bertz CT molecular complexity index is 1160. The smallest absolute Gasteiger partial charge is 0.232 e. The molecule has 0 aromatic carbocycles. The maximum absolute atomic E-state index is 13.5. The zero-order chi connectivity index (χ0) is 26.1. The van der Waals surface area contributed by atoms with Gasteiger partial charge in [-0.25, -0.2) is 0 Å². The number of ether oxygens (including phenoxy) is 2. The van der Waals surface area contributed by atoms with Crippen LogP contribution in [0.5, 0.6) is 0 Å². The van der Waals surface area contributed by atoms with Gasteiger partial charge in [0, 0.05) is 11.0 Å². The predicted octanol–water partition coefficient (Wildman–Crippen LogP) is 4.84. The number of Topliss-reactive ketones (excluding diaryl/α,β-unsaturated/α-hetero) is 2. The molecule has 2 aliphatic heterocycles. The van der Waals surface area contributed by atoms with Gasteiger partial charge in [-0.15, -0.1) is 0 Å². The maximum atomic E-state index is 13.5. The molecule has 0 spiro atoms. The first-order chi connectivity index (χ1) is 16.2. The number of hydrogen-bond donors (Lipinski definition) is 3. The number of allylic oxidation sites excluding steroid dienone is 6. The summed E-state index contributed by atoms with van der Waals surface area (Å²) in [6.45, 7) is 12.4. The lowest BCUT2D eigenvalue weighted by Crippen LogP contribution is -2.58. The Labute approximate surface area is 206 Å². The van der Waals surface area contributed by atoms with Crippen LogP contribution in [0, 0.1) is 5.41 Å². The molecular weight excluding hydrogens is 448 g/mol. The van der Waals surface area contributed by atoms with Gasteiger partial charge in [-0.3, -0.25) is 9.59 Å². The van der Waals surface area contributed by atoms with Crippen LogP contribution in [-0.4, -0.2) is 50.3 Å². The van der Waals surface area contributed by atoms with Gasteiger partial charge in [-0.2, -0.15) is 0 Å². The zero-order valence-electron chi connectivity index (χ0n) is 21.6. The molecule has 7 nitrogen and oxygen atoms in total. The highest BCUT2D eigenvalue weighted by molar-refractivity contribution is 6.26. The van der Waals surface area contributed by atoms with Crippen LogP contribution >= 0.6 is 0 Å². The van der Waals surface area contributed by atoms with Crippen molar-refractivity contribution < 1.29 is 34.4 Å². The minimum absolute atomic E-state index is 0.0326. The molecule has 35 heavy (non-hydrogen) atoms. The monoisotopic (exact) mass is 484 g/mol. The van der Waals surface area contributed by atoms with Crippen molar-refractivity contribution in [1.29, 1.82) is 0 Å². The van der Waals surface area contributed by atoms with Crippen LogP contribution in [0.4, 0.5) is 0 Å². The molecule has 0 aromatic heterocycles. The first-order valence-corrected chi connectivity index (χ1v) is 12.3. The van der Waals surface area contributed by atoms with Crippen molar-refractivity contribution >= 4 is 11.6 Å². The van der Waals surface area contributed by atoms with Gasteiger partial charge >= 0.3 is 0 Å². The normalized spacial score (nSPS) is 34.5. The quantitative estimate of drug-likeness (QED) is 0.298. The fourth-order valence-corrected chi connectivity index (χ4v) is 5.98. The van der Waals surface area contributed by atoms with Crippen LogP contribution in [-0.2, 0) is 19.1 Å².